The number of ether oxygens (including phenoxy) is 3. The van der Waals surface area contributed by atoms with Crippen molar-refractivity contribution in [2.45, 2.75) is 20.5 Å². The Morgan fingerprint density at radius 2 is 1.74 bits per heavy atom. The van der Waals surface area contributed by atoms with Gasteiger partial charge in [0.1, 0.15) is 6.61 Å². The Morgan fingerprint density at radius 3 is 2.41 bits per heavy atom. The van der Waals surface area contributed by atoms with Crippen LogP contribution in [-0.2, 0) is 16.1 Å². The third-order valence-corrected chi connectivity index (χ3v) is 5.03. The molecule has 0 aromatic heterocycles. The fraction of sp³-hybridized carbons (Fsp3) is 0.154. The van der Waals surface area contributed by atoms with Gasteiger partial charge in [-0.15, -0.1) is 0 Å². The summed E-state index contributed by atoms with van der Waals surface area (Å²) in [5.74, 6) is 0.629. The lowest BCUT2D eigenvalue weighted by Gasteiger charge is -2.13. The Balaban J connectivity index is 1.54. The average molecular weight is 458 g/mol. The number of cyclic esters (lactones) is 1. The van der Waals surface area contributed by atoms with Crippen LogP contribution in [0.4, 0.5) is 5.69 Å². The molecular weight excluding hydrogens is 436 g/mol. The van der Waals surface area contributed by atoms with Crippen LogP contribution in [-0.4, -0.2) is 23.4 Å². The fourth-order valence-electron chi connectivity index (χ4n) is 3.26. The molecule has 0 bridgehead atoms. The lowest BCUT2D eigenvalue weighted by Crippen LogP contribution is -2.05. The summed E-state index contributed by atoms with van der Waals surface area (Å²) >= 11 is 0. The standard InChI is InChI=1S/C26H22N2O6/c1-3-32-24-15-19(8-13-23(24)33-16-18-6-4-17(2)5-7-18)14-22-26(29)34-25(27-22)20-9-11-21(12-10-20)28(30)31/h4-15H,3,16H2,1-2H3/b22-14-. The van der Waals surface area contributed by atoms with Gasteiger partial charge in [0.2, 0.25) is 5.90 Å². The second kappa shape index (κ2) is 9.99. The Hall–Kier alpha value is -4.46. The number of aryl methyl sites for hydroxylation is 1. The quantitative estimate of drug-likeness (QED) is 0.198. The minimum Gasteiger partial charge on any atom is -0.490 e. The molecule has 0 saturated heterocycles. The zero-order valence-corrected chi connectivity index (χ0v) is 18.7. The van der Waals surface area contributed by atoms with Crippen LogP contribution in [0.25, 0.3) is 6.08 Å². The van der Waals surface area contributed by atoms with E-state index in [1.807, 2.05) is 38.1 Å². The molecule has 1 heterocycles. The number of carbonyl (C=O) groups excluding carboxylic acids is 1. The van der Waals surface area contributed by atoms with Crippen LogP contribution < -0.4 is 9.47 Å². The van der Waals surface area contributed by atoms with Crippen molar-refractivity contribution in [3.05, 3.63) is 105 Å². The monoisotopic (exact) mass is 458 g/mol. The summed E-state index contributed by atoms with van der Waals surface area (Å²) in [5.41, 5.74) is 3.44. The summed E-state index contributed by atoms with van der Waals surface area (Å²) in [6.45, 7) is 4.76. The highest BCUT2D eigenvalue weighted by Crippen LogP contribution is 2.31. The number of non-ortho nitro benzene ring substituents is 1. The number of nitro benzene ring substituents is 1. The van der Waals surface area contributed by atoms with Crippen LogP contribution in [0.1, 0.15) is 29.2 Å². The number of aliphatic imine (C=N–C) groups is 1. The predicted octanol–water partition coefficient (Wildman–Crippen LogP) is 5.23. The van der Waals surface area contributed by atoms with Crippen LogP contribution in [0.5, 0.6) is 11.5 Å². The number of benzene rings is 3. The summed E-state index contributed by atoms with van der Waals surface area (Å²) in [6, 6.07) is 19.1. The molecule has 1 aliphatic heterocycles. The Labute approximate surface area is 196 Å². The highest BCUT2D eigenvalue weighted by atomic mass is 16.6. The van der Waals surface area contributed by atoms with E-state index in [-0.39, 0.29) is 17.3 Å². The number of carbonyl (C=O) groups is 1. The molecule has 1 aliphatic rings. The maximum absolute atomic E-state index is 12.3. The van der Waals surface area contributed by atoms with E-state index in [4.69, 9.17) is 14.2 Å². The maximum Gasteiger partial charge on any atom is 0.363 e. The summed E-state index contributed by atoms with van der Waals surface area (Å²) in [5, 5.41) is 10.8. The average Bonchev–Trinajstić information content (AvgIpc) is 3.20. The molecule has 0 radical (unpaired) electrons. The lowest BCUT2D eigenvalue weighted by atomic mass is 10.1. The van der Waals surface area contributed by atoms with Gasteiger partial charge in [-0.1, -0.05) is 35.9 Å². The Morgan fingerprint density at radius 1 is 1.00 bits per heavy atom. The molecular formula is C26H22N2O6. The molecule has 4 rings (SSSR count). The Kier molecular flexibility index (Phi) is 6.68. The van der Waals surface area contributed by atoms with Crippen molar-refractivity contribution < 1.29 is 23.9 Å². The van der Waals surface area contributed by atoms with Crippen LogP contribution in [0, 0.1) is 17.0 Å². The van der Waals surface area contributed by atoms with E-state index in [0.29, 0.717) is 35.8 Å². The number of hydrogen-bond donors (Lipinski definition) is 0. The molecule has 0 aliphatic carbocycles. The van der Waals surface area contributed by atoms with Gasteiger partial charge in [-0.2, -0.15) is 0 Å². The van der Waals surface area contributed by atoms with Crippen molar-refractivity contribution in [2.75, 3.05) is 6.61 Å². The molecule has 0 spiro atoms. The van der Waals surface area contributed by atoms with Crippen LogP contribution in [0.2, 0.25) is 0 Å². The highest BCUT2D eigenvalue weighted by Gasteiger charge is 2.24. The molecule has 8 heteroatoms. The second-order valence-corrected chi connectivity index (χ2v) is 7.55. The largest absolute Gasteiger partial charge is 0.490 e. The first-order valence-electron chi connectivity index (χ1n) is 10.7. The minimum atomic E-state index is -0.606. The number of nitrogens with zero attached hydrogens (tertiary/aromatic N) is 2. The fourth-order valence-corrected chi connectivity index (χ4v) is 3.26. The minimum absolute atomic E-state index is 0.0578. The first-order valence-corrected chi connectivity index (χ1v) is 10.7. The number of hydrogen-bond acceptors (Lipinski definition) is 7. The molecule has 34 heavy (non-hydrogen) atoms. The molecule has 3 aromatic carbocycles. The van der Waals surface area contributed by atoms with Gasteiger partial charge in [0, 0.05) is 17.7 Å². The highest BCUT2D eigenvalue weighted by molar-refractivity contribution is 6.12. The molecule has 172 valence electrons. The van der Waals surface area contributed by atoms with Gasteiger partial charge >= 0.3 is 5.97 Å². The van der Waals surface area contributed by atoms with Gasteiger partial charge in [-0.3, -0.25) is 10.1 Å². The maximum atomic E-state index is 12.3. The smallest absolute Gasteiger partial charge is 0.363 e. The summed E-state index contributed by atoms with van der Waals surface area (Å²) in [7, 11) is 0. The van der Waals surface area contributed by atoms with E-state index in [9.17, 15) is 14.9 Å². The van der Waals surface area contributed by atoms with E-state index in [1.165, 1.54) is 29.8 Å². The van der Waals surface area contributed by atoms with Gasteiger partial charge in [0.05, 0.1) is 11.5 Å². The van der Waals surface area contributed by atoms with Crippen LogP contribution in [0.3, 0.4) is 0 Å². The van der Waals surface area contributed by atoms with Crippen LogP contribution >= 0.6 is 0 Å². The molecule has 0 saturated carbocycles. The van der Waals surface area contributed by atoms with Crippen molar-refractivity contribution in [1.82, 2.24) is 0 Å². The van der Waals surface area contributed by atoms with Gasteiger partial charge in [0.25, 0.3) is 5.69 Å². The third kappa shape index (κ3) is 5.29. The van der Waals surface area contributed by atoms with Crippen molar-refractivity contribution >= 4 is 23.6 Å². The summed E-state index contributed by atoms with van der Waals surface area (Å²) in [4.78, 5) is 26.9. The lowest BCUT2D eigenvalue weighted by molar-refractivity contribution is -0.384. The van der Waals surface area contributed by atoms with Gasteiger partial charge in [-0.05, 0) is 55.3 Å². The van der Waals surface area contributed by atoms with Gasteiger partial charge in [-0.25, -0.2) is 9.79 Å². The van der Waals surface area contributed by atoms with Gasteiger partial charge in [0.15, 0.2) is 17.2 Å². The SMILES string of the molecule is CCOc1cc(/C=C2\N=C(c3ccc([N+](=O)[O-])cc3)OC2=O)ccc1OCc1ccc(C)cc1. The number of rotatable bonds is 8. The first kappa shape index (κ1) is 22.7. The molecule has 0 N–H and O–H groups in total. The topological polar surface area (TPSA) is 100 Å². The number of nitro groups is 1. The normalized spacial score (nSPS) is 14.0. The predicted molar refractivity (Wildman–Crippen MR) is 127 cm³/mol. The van der Waals surface area contributed by atoms with E-state index < -0.39 is 10.9 Å². The van der Waals surface area contributed by atoms with E-state index in [1.54, 1.807) is 24.3 Å². The van der Waals surface area contributed by atoms with E-state index in [0.717, 1.165) is 5.56 Å². The number of esters is 1. The van der Waals surface area contributed by atoms with Crippen molar-refractivity contribution in [1.29, 1.82) is 0 Å². The summed E-state index contributed by atoms with van der Waals surface area (Å²) < 4.78 is 16.9. The zero-order chi connectivity index (χ0) is 24.1. The second-order valence-electron chi connectivity index (χ2n) is 7.55. The molecule has 0 atom stereocenters. The zero-order valence-electron chi connectivity index (χ0n) is 18.7. The first-order chi connectivity index (χ1) is 16.4. The molecule has 0 fully saturated rings. The Bertz CT molecular complexity index is 1280. The van der Waals surface area contributed by atoms with Crippen molar-refractivity contribution in [3.8, 4) is 11.5 Å². The summed E-state index contributed by atoms with van der Waals surface area (Å²) in [6.07, 6.45) is 1.59. The van der Waals surface area contributed by atoms with Crippen LogP contribution in [0.15, 0.2) is 77.4 Å². The molecule has 3 aromatic rings. The van der Waals surface area contributed by atoms with E-state index >= 15 is 0 Å². The molecule has 0 amide bonds. The third-order valence-electron chi connectivity index (χ3n) is 5.03. The van der Waals surface area contributed by atoms with Gasteiger partial charge < -0.3 is 14.2 Å². The van der Waals surface area contributed by atoms with Crippen molar-refractivity contribution in [2.24, 2.45) is 4.99 Å². The molecule has 8 nitrogen and oxygen atoms in total. The molecule has 0 unspecified atom stereocenters. The van der Waals surface area contributed by atoms with Crippen molar-refractivity contribution in [3.63, 3.8) is 0 Å². The van der Waals surface area contributed by atoms with E-state index in [2.05, 4.69) is 4.99 Å².